The van der Waals surface area contributed by atoms with E-state index in [1.54, 1.807) is 6.07 Å². The highest BCUT2D eigenvalue weighted by molar-refractivity contribution is 5.97. The van der Waals surface area contributed by atoms with Crippen molar-refractivity contribution in [3.05, 3.63) is 75.6 Å². The van der Waals surface area contributed by atoms with E-state index < -0.39 is 35.8 Å². The molecule has 138 valence electrons. The summed E-state index contributed by atoms with van der Waals surface area (Å²) < 4.78 is 6.04. The first kappa shape index (κ1) is 18.1. The van der Waals surface area contributed by atoms with Gasteiger partial charge in [-0.05, 0) is 29.8 Å². The van der Waals surface area contributed by atoms with Crippen LogP contribution in [0.15, 0.2) is 64.3 Å². The van der Waals surface area contributed by atoms with E-state index in [1.165, 1.54) is 13.1 Å². The number of aromatic amines is 1. The summed E-state index contributed by atoms with van der Waals surface area (Å²) in [5, 5.41) is 4.70. The van der Waals surface area contributed by atoms with Gasteiger partial charge in [0.15, 0.2) is 6.10 Å². The molecule has 3 aromatic rings. The van der Waals surface area contributed by atoms with Crippen LogP contribution in [0.4, 0.5) is 5.69 Å². The van der Waals surface area contributed by atoms with Crippen LogP contribution in [-0.2, 0) is 20.9 Å². The number of carbonyl (C=O) groups excluding carboxylic acids is 2. The summed E-state index contributed by atoms with van der Waals surface area (Å²) in [7, 11) is 0. The highest BCUT2D eigenvalue weighted by Crippen LogP contribution is 2.19. The first-order chi connectivity index (χ1) is 12.9. The summed E-state index contributed by atoms with van der Waals surface area (Å²) in [6, 6.07) is 14.3. The van der Waals surface area contributed by atoms with Crippen LogP contribution < -0.4 is 16.6 Å². The number of amides is 1. The van der Waals surface area contributed by atoms with Crippen molar-refractivity contribution in [2.75, 3.05) is 5.32 Å². The Labute approximate surface area is 153 Å². The SMILES string of the molecule is C[C@H](OC(=O)Cn1ccc(=O)[nH]c1=O)C(=O)Nc1ccc2ccccc2c1. The third-order valence-corrected chi connectivity index (χ3v) is 3.89. The van der Waals surface area contributed by atoms with Gasteiger partial charge in [-0.15, -0.1) is 0 Å². The van der Waals surface area contributed by atoms with E-state index in [0.29, 0.717) is 5.69 Å². The van der Waals surface area contributed by atoms with Gasteiger partial charge in [0.05, 0.1) is 0 Å². The maximum absolute atomic E-state index is 12.2. The van der Waals surface area contributed by atoms with Gasteiger partial charge in [-0.2, -0.15) is 0 Å². The summed E-state index contributed by atoms with van der Waals surface area (Å²) >= 11 is 0. The van der Waals surface area contributed by atoms with Crippen LogP contribution in [0.1, 0.15) is 6.92 Å². The Hall–Kier alpha value is -3.68. The Kier molecular flexibility index (Phi) is 5.16. The monoisotopic (exact) mass is 367 g/mol. The third-order valence-electron chi connectivity index (χ3n) is 3.89. The molecule has 0 aliphatic heterocycles. The largest absolute Gasteiger partial charge is 0.451 e. The fourth-order valence-corrected chi connectivity index (χ4v) is 2.51. The van der Waals surface area contributed by atoms with Crippen LogP contribution in [0, 0.1) is 0 Å². The molecule has 0 unspecified atom stereocenters. The number of aromatic nitrogens is 2. The molecule has 0 saturated heterocycles. The first-order valence-corrected chi connectivity index (χ1v) is 8.21. The lowest BCUT2D eigenvalue weighted by molar-refractivity contribution is -0.153. The number of esters is 1. The van der Waals surface area contributed by atoms with E-state index >= 15 is 0 Å². The topological polar surface area (TPSA) is 110 Å². The normalized spacial score (nSPS) is 11.7. The lowest BCUT2D eigenvalue weighted by Crippen LogP contribution is -2.34. The summed E-state index contributed by atoms with van der Waals surface area (Å²) in [4.78, 5) is 48.8. The molecule has 3 rings (SSSR count). The Morgan fingerprint density at radius 2 is 1.85 bits per heavy atom. The predicted molar refractivity (Wildman–Crippen MR) is 99.5 cm³/mol. The van der Waals surface area contributed by atoms with E-state index in [9.17, 15) is 19.2 Å². The van der Waals surface area contributed by atoms with E-state index in [4.69, 9.17) is 4.74 Å². The van der Waals surface area contributed by atoms with Crippen molar-refractivity contribution >= 4 is 28.3 Å². The number of rotatable bonds is 5. The van der Waals surface area contributed by atoms with Gasteiger partial charge in [0.1, 0.15) is 6.54 Å². The maximum atomic E-state index is 12.2. The van der Waals surface area contributed by atoms with Gasteiger partial charge in [0.25, 0.3) is 11.5 Å². The fourth-order valence-electron chi connectivity index (χ4n) is 2.51. The quantitative estimate of drug-likeness (QED) is 0.660. The molecule has 0 radical (unpaired) electrons. The highest BCUT2D eigenvalue weighted by Gasteiger charge is 2.18. The molecule has 1 atom stereocenters. The van der Waals surface area contributed by atoms with Crippen LogP contribution in [0.2, 0.25) is 0 Å². The van der Waals surface area contributed by atoms with E-state index in [1.807, 2.05) is 41.4 Å². The molecule has 1 aromatic heterocycles. The van der Waals surface area contributed by atoms with Crippen molar-refractivity contribution < 1.29 is 14.3 Å². The van der Waals surface area contributed by atoms with Gasteiger partial charge in [0, 0.05) is 18.0 Å². The third kappa shape index (κ3) is 4.49. The summed E-state index contributed by atoms with van der Waals surface area (Å²) in [5.41, 5.74) is -0.709. The molecule has 8 nitrogen and oxygen atoms in total. The van der Waals surface area contributed by atoms with Gasteiger partial charge >= 0.3 is 11.7 Å². The standard InChI is InChI=1S/C19H17N3O5/c1-12(27-17(24)11-22-9-8-16(23)21-19(22)26)18(25)20-15-7-6-13-4-2-3-5-14(13)10-15/h2-10,12H,11H2,1H3,(H,20,25)(H,21,23,26)/t12-/m0/s1. The molecular weight excluding hydrogens is 350 g/mol. The average molecular weight is 367 g/mol. The number of nitrogens with zero attached hydrogens (tertiary/aromatic N) is 1. The molecule has 27 heavy (non-hydrogen) atoms. The Morgan fingerprint density at radius 3 is 2.59 bits per heavy atom. The lowest BCUT2D eigenvalue weighted by Gasteiger charge is -2.14. The number of anilines is 1. The molecule has 0 aliphatic rings. The average Bonchev–Trinajstić information content (AvgIpc) is 2.64. The molecule has 0 spiro atoms. The summed E-state index contributed by atoms with van der Waals surface area (Å²) in [6.45, 7) is 1.02. The molecule has 1 heterocycles. The minimum Gasteiger partial charge on any atom is -0.451 e. The van der Waals surface area contributed by atoms with Gasteiger partial charge < -0.3 is 10.1 Å². The molecule has 2 N–H and O–H groups in total. The second kappa shape index (κ2) is 7.69. The van der Waals surface area contributed by atoms with Crippen molar-refractivity contribution in [2.24, 2.45) is 0 Å². The highest BCUT2D eigenvalue weighted by atomic mass is 16.5. The number of fused-ring (bicyclic) bond motifs is 1. The van der Waals surface area contributed by atoms with Crippen molar-refractivity contribution in [3.8, 4) is 0 Å². The maximum Gasteiger partial charge on any atom is 0.328 e. The Bertz CT molecular complexity index is 1120. The van der Waals surface area contributed by atoms with Crippen molar-refractivity contribution in [1.29, 1.82) is 0 Å². The van der Waals surface area contributed by atoms with Crippen LogP contribution in [0.3, 0.4) is 0 Å². The zero-order valence-corrected chi connectivity index (χ0v) is 14.5. The minimum absolute atomic E-state index is 0.413. The molecule has 0 bridgehead atoms. The number of ether oxygens (including phenoxy) is 1. The van der Waals surface area contributed by atoms with E-state index in [2.05, 4.69) is 5.32 Å². The zero-order chi connectivity index (χ0) is 19.4. The predicted octanol–water partition coefficient (Wildman–Crippen LogP) is 1.26. The first-order valence-electron chi connectivity index (χ1n) is 8.21. The van der Waals surface area contributed by atoms with E-state index in [-0.39, 0.29) is 0 Å². The van der Waals surface area contributed by atoms with Gasteiger partial charge in [-0.1, -0.05) is 30.3 Å². The van der Waals surface area contributed by atoms with E-state index in [0.717, 1.165) is 21.4 Å². The van der Waals surface area contributed by atoms with Crippen molar-refractivity contribution in [3.63, 3.8) is 0 Å². The van der Waals surface area contributed by atoms with Crippen LogP contribution >= 0.6 is 0 Å². The molecular formula is C19H17N3O5. The second-order valence-electron chi connectivity index (χ2n) is 5.92. The summed E-state index contributed by atoms with van der Waals surface area (Å²) in [6.07, 6.45) is 0.129. The van der Waals surface area contributed by atoms with Crippen LogP contribution in [0.5, 0.6) is 0 Å². The molecule has 2 aromatic carbocycles. The van der Waals surface area contributed by atoms with Crippen molar-refractivity contribution in [2.45, 2.75) is 19.6 Å². The minimum atomic E-state index is -1.05. The number of hydrogen-bond acceptors (Lipinski definition) is 5. The van der Waals surface area contributed by atoms with Crippen LogP contribution in [0.25, 0.3) is 10.8 Å². The molecule has 0 aliphatic carbocycles. The summed E-state index contributed by atoms with van der Waals surface area (Å²) in [5.74, 6) is -1.27. The van der Waals surface area contributed by atoms with Crippen LogP contribution in [-0.4, -0.2) is 27.5 Å². The molecule has 8 heteroatoms. The van der Waals surface area contributed by atoms with Gasteiger partial charge in [-0.3, -0.25) is 23.9 Å². The second-order valence-corrected chi connectivity index (χ2v) is 5.92. The van der Waals surface area contributed by atoms with Gasteiger partial charge in [-0.25, -0.2) is 4.79 Å². The van der Waals surface area contributed by atoms with Crippen molar-refractivity contribution in [1.82, 2.24) is 9.55 Å². The smallest absolute Gasteiger partial charge is 0.328 e. The number of H-pyrrole nitrogens is 1. The van der Waals surface area contributed by atoms with Gasteiger partial charge in [0.2, 0.25) is 0 Å². The Morgan fingerprint density at radius 1 is 1.11 bits per heavy atom. The zero-order valence-electron chi connectivity index (χ0n) is 14.5. The molecule has 0 saturated carbocycles. The number of benzene rings is 2. The molecule has 0 fully saturated rings. The number of nitrogens with one attached hydrogen (secondary N) is 2. The molecule has 1 amide bonds. The lowest BCUT2D eigenvalue weighted by atomic mass is 10.1. The Balaban J connectivity index is 1.61. The number of carbonyl (C=O) groups is 2. The fraction of sp³-hybridized carbons (Fsp3) is 0.158. The number of hydrogen-bond donors (Lipinski definition) is 2.